The molecule has 2 aromatic rings. The molecule has 2 heterocycles. The van der Waals surface area contributed by atoms with E-state index in [4.69, 9.17) is 4.74 Å². The molecule has 0 radical (unpaired) electrons. The highest BCUT2D eigenvalue weighted by atomic mass is 32.2. The van der Waals surface area contributed by atoms with Gasteiger partial charge in [-0.1, -0.05) is 18.2 Å². The Morgan fingerprint density at radius 2 is 1.62 bits per heavy atom. The van der Waals surface area contributed by atoms with Gasteiger partial charge in [0, 0.05) is 25.3 Å². The highest BCUT2D eigenvalue weighted by molar-refractivity contribution is 7.92. The first-order valence-electron chi connectivity index (χ1n) is 10.2. The van der Waals surface area contributed by atoms with E-state index in [1.54, 1.807) is 4.90 Å². The van der Waals surface area contributed by atoms with Crippen LogP contribution in [0.25, 0.3) is 0 Å². The van der Waals surface area contributed by atoms with Gasteiger partial charge in [0.05, 0.1) is 30.1 Å². The zero-order valence-corrected chi connectivity index (χ0v) is 19.3. The maximum atomic E-state index is 13.0. The van der Waals surface area contributed by atoms with E-state index in [0.717, 1.165) is 28.2 Å². The molecule has 11 heteroatoms. The summed E-state index contributed by atoms with van der Waals surface area (Å²) in [5.41, 5.74) is 2.07. The number of hydrogen-bond donors (Lipinski definition) is 0. The van der Waals surface area contributed by atoms with Crippen LogP contribution in [0, 0.1) is 0 Å². The van der Waals surface area contributed by atoms with E-state index in [-0.39, 0.29) is 36.1 Å². The molecule has 0 saturated carbocycles. The number of nitrogens with zero attached hydrogens (tertiary/aromatic N) is 3. The highest BCUT2D eigenvalue weighted by Crippen LogP contribution is 2.29. The summed E-state index contributed by atoms with van der Waals surface area (Å²) in [4.78, 5) is 14.6. The minimum atomic E-state index is -3.78. The van der Waals surface area contributed by atoms with E-state index in [2.05, 4.69) is 0 Å². The monoisotopic (exact) mass is 479 g/mol. The molecule has 0 aliphatic carbocycles. The van der Waals surface area contributed by atoms with Crippen LogP contribution in [0.5, 0.6) is 0 Å². The normalized spacial score (nSPS) is 17.2. The Morgan fingerprint density at radius 3 is 2.28 bits per heavy atom. The third kappa shape index (κ3) is 4.51. The molecule has 0 atom stereocenters. The van der Waals surface area contributed by atoms with E-state index in [0.29, 0.717) is 19.8 Å². The molecule has 172 valence electrons. The quantitative estimate of drug-likeness (QED) is 0.614. The second-order valence-corrected chi connectivity index (χ2v) is 11.5. The number of amides is 1. The van der Waals surface area contributed by atoms with Crippen LogP contribution in [0.4, 0.5) is 11.4 Å². The predicted molar refractivity (Wildman–Crippen MR) is 121 cm³/mol. The molecule has 0 bridgehead atoms. The molecular weight excluding hydrogens is 454 g/mol. The van der Waals surface area contributed by atoms with Gasteiger partial charge in [-0.05, 0) is 42.3 Å². The molecule has 0 unspecified atom stereocenters. The molecule has 0 spiro atoms. The van der Waals surface area contributed by atoms with Gasteiger partial charge < -0.3 is 9.64 Å². The summed E-state index contributed by atoms with van der Waals surface area (Å²) in [5, 5.41) is 0. The Morgan fingerprint density at radius 1 is 0.969 bits per heavy atom. The average molecular weight is 480 g/mol. The second kappa shape index (κ2) is 8.81. The number of morpholine rings is 1. The fourth-order valence-electron chi connectivity index (χ4n) is 3.93. The first kappa shape index (κ1) is 22.7. The van der Waals surface area contributed by atoms with Crippen molar-refractivity contribution in [2.45, 2.75) is 11.3 Å². The molecule has 1 fully saturated rings. The summed E-state index contributed by atoms with van der Waals surface area (Å²) >= 11 is 0. The zero-order chi connectivity index (χ0) is 22.9. The molecule has 2 aliphatic heterocycles. The first-order chi connectivity index (χ1) is 15.2. The molecule has 2 aliphatic rings. The van der Waals surface area contributed by atoms with E-state index in [1.807, 2.05) is 24.3 Å². The van der Waals surface area contributed by atoms with E-state index < -0.39 is 20.0 Å². The number of fused-ring (bicyclic) bond motifs is 1. The molecule has 1 amide bonds. The van der Waals surface area contributed by atoms with E-state index in [1.165, 1.54) is 28.6 Å². The zero-order valence-electron chi connectivity index (χ0n) is 17.7. The Balaban J connectivity index is 1.56. The Labute approximate surface area is 188 Å². The lowest BCUT2D eigenvalue weighted by Gasteiger charge is -2.27. The van der Waals surface area contributed by atoms with Gasteiger partial charge in [-0.25, -0.2) is 16.8 Å². The third-order valence-corrected chi connectivity index (χ3v) is 8.65. The molecule has 32 heavy (non-hydrogen) atoms. The summed E-state index contributed by atoms with van der Waals surface area (Å²) in [6, 6.07) is 13.1. The van der Waals surface area contributed by atoms with Crippen LogP contribution in [-0.2, 0) is 36.0 Å². The van der Waals surface area contributed by atoms with Crippen LogP contribution in [0.2, 0.25) is 0 Å². The molecule has 4 rings (SSSR count). The Bertz CT molecular complexity index is 1210. The first-order valence-corrected chi connectivity index (χ1v) is 13.5. The minimum absolute atomic E-state index is 0.0661. The number of hydrogen-bond acceptors (Lipinski definition) is 6. The average Bonchev–Trinajstić information content (AvgIpc) is 3.21. The van der Waals surface area contributed by atoms with Gasteiger partial charge in [-0.3, -0.25) is 9.10 Å². The number of anilines is 2. The van der Waals surface area contributed by atoms with Crippen molar-refractivity contribution >= 4 is 37.3 Å². The van der Waals surface area contributed by atoms with Crippen molar-refractivity contribution < 1.29 is 26.4 Å². The summed E-state index contributed by atoms with van der Waals surface area (Å²) in [6.45, 7) is 1.33. The fourth-order valence-corrected chi connectivity index (χ4v) is 6.18. The van der Waals surface area contributed by atoms with Crippen molar-refractivity contribution in [1.29, 1.82) is 0 Å². The number of para-hydroxylation sites is 1. The van der Waals surface area contributed by atoms with Crippen LogP contribution in [-0.4, -0.2) is 72.7 Å². The second-order valence-electron chi connectivity index (χ2n) is 7.70. The standard InChI is InChI=1S/C21H25N3O6S2/c1-31(26,27)24(16-21(25)23-11-10-17-4-2-3-5-20(17)23)18-6-8-19(9-7-18)32(28,29)22-12-14-30-15-13-22/h2-9H,10-16H2,1H3. The van der Waals surface area contributed by atoms with Gasteiger partial charge in [0.2, 0.25) is 26.0 Å². The van der Waals surface area contributed by atoms with Gasteiger partial charge in [0.1, 0.15) is 6.54 Å². The smallest absolute Gasteiger partial charge is 0.247 e. The van der Waals surface area contributed by atoms with Crippen LogP contribution >= 0.6 is 0 Å². The number of sulfonamides is 2. The van der Waals surface area contributed by atoms with Crippen LogP contribution < -0.4 is 9.21 Å². The van der Waals surface area contributed by atoms with Crippen molar-refractivity contribution in [3.05, 3.63) is 54.1 Å². The largest absolute Gasteiger partial charge is 0.379 e. The topological polar surface area (TPSA) is 104 Å². The number of rotatable bonds is 6. The van der Waals surface area contributed by atoms with Gasteiger partial charge >= 0.3 is 0 Å². The molecule has 9 nitrogen and oxygen atoms in total. The maximum absolute atomic E-state index is 13.0. The molecule has 0 N–H and O–H groups in total. The van der Waals surface area contributed by atoms with Crippen LogP contribution in [0.1, 0.15) is 5.56 Å². The Hall–Kier alpha value is -2.47. The molecule has 2 aromatic carbocycles. The van der Waals surface area contributed by atoms with Gasteiger partial charge in [0.25, 0.3) is 0 Å². The number of benzene rings is 2. The maximum Gasteiger partial charge on any atom is 0.247 e. The fraction of sp³-hybridized carbons (Fsp3) is 0.381. The lowest BCUT2D eigenvalue weighted by molar-refractivity contribution is -0.117. The van der Waals surface area contributed by atoms with Crippen LogP contribution in [0.3, 0.4) is 0 Å². The highest BCUT2D eigenvalue weighted by Gasteiger charge is 2.30. The molecular formula is C21H25N3O6S2. The third-order valence-electron chi connectivity index (χ3n) is 5.60. The van der Waals surface area contributed by atoms with Gasteiger partial charge in [-0.15, -0.1) is 0 Å². The van der Waals surface area contributed by atoms with Gasteiger partial charge in [0.15, 0.2) is 0 Å². The summed E-state index contributed by atoms with van der Waals surface area (Å²) in [6.07, 6.45) is 1.74. The van der Waals surface area contributed by atoms with Crippen molar-refractivity contribution in [2.75, 3.05) is 54.9 Å². The molecule has 1 saturated heterocycles. The van der Waals surface area contributed by atoms with E-state index in [9.17, 15) is 21.6 Å². The van der Waals surface area contributed by atoms with Crippen molar-refractivity contribution in [2.24, 2.45) is 0 Å². The number of carbonyl (C=O) groups excluding carboxylic acids is 1. The van der Waals surface area contributed by atoms with Crippen LogP contribution in [0.15, 0.2) is 53.4 Å². The van der Waals surface area contributed by atoms with Crippen molar-refractivity contribution in [1.82, 2.24) is 4.31 Å². The van der Waals surface area contributed by atoms with Gasteiger partial charge in [-0.2, -0.15) is 4.31 Å². The molecule has 0 aromatic heterocycles. The summed E-state index contributed by atoms with van der Waals surface area (Å²) in [5.74, 6) is -0.342. The lowest BCUT2D eigenvalue weighted by Crippen LogP contribution is -2.42. The lowest BCUT2D eigenvalue weighted by atomic mass is 10.2. The predicted octanol–water partition coefficient (Wildman–Crippen LogP) is 1.06. The summed E-state index contributed by atoms with van der Waals surface area (Å²) in [7, 11) is -7.48. The summed E-state index contributed by atoms with van der Waals surface area (Å²) < 4.78 is 58.1. The van der Waals surface area contributed by atoms with E-state index >= 15 is 0 Å². The Kier molecular flexibility index (Phi) is 6.26. The SMILES string of the molecule is CS(=O)(=O)N(CC(=O)N1CCc2ccccc21)c1ccc(S(=O)(=O)N2CCOCC2)cc1. The van der Waals surface area contributed by atoms with Crippen molar-refractivity contribution in [3.8, 4) is 0 Å². The van der Waals surface area contributed by atoms with Crippen molar-refractivity contribution in [3.63, 3.8) is 0 Å². The minimum Gasteiger partial charge on any atom is -0.379 e. The number of ether oxygens (including phenoxy) is 1. The number of carbonyl (C=O) groups is 1.